The number of morpholine rings is 1. The highest BCUT2D eigenvalue weighted by molar-refractivity contribution is 5.51. The first kappa shape index (κ1) is 17.0. The summed E-state index contributed by atoms with van der Waals surface area (Å²) in [5, 5.41) is 7.57. The smallest absolute Gasteiger partial charge is 0.0671 e. The number of anilines is 1. The molecule has 1 aromatic rings. The van der Waals surface area contributed by atoms with E-state index in [0.29, 0.717) is 12.1 Å². The van der Waals surface area contributed by atoms with Gasteiger partial charge in [-0.3, -0.25) is 0 Å². The molecule has 3 nitrogen and oxygen atoms in total. The van der Waals surface area contributed by atoms with Crippen molar-refractivity contribution in [2.45, 2.75) is 52.6 Å². The van der Waals surface area contributed by atoms with Crippen LogP contribution >= 0.6 is 0 Å². The van der Waals surface area contributed by atoms with Gasteiger partial charge in [-0.25, -0.2) is 0 Å². The van der Waals surface area contributed by atoms with Gasteiger partial charge in [0.15, 0.2) is 0 Å². The SMILES string of the molecule is CC.CCO.Cc1ccc(N2C3CCC2COC3)cc1. The summed E-state index contributed by atoms with van der Waals surface area (Å²) in [6.45, 7) is 9.88. The van der Waals surface area contributed by atoms with E-state index in [-0.39, 0.29) is 6.61 Å². The summed E-state index contributed by atoms with van der Waals surface area (Å²) in [5.41, 5.74) is 2.70. The molecule has 3 rings (SSSR count). The first-order valence-corrected chi connectivity index (χ1v) is 7.80. The van der Waals surface area contributed by atoms with Gasteiger partial charge in [-0.15, -0.1) is 0 Å². The van der Waals surface area contributed by atoms with Crippen molar-refractivity contribution in [1.82, 2.24) is 0 Å². The molecule has 2 unspecified atom stereocenters. The van der Waals surface area contributed by atoms with Crippen LogP contribution in [0.3, 0.4) is 0 Å². The molecular formula is C17H29NO2. The molecule has 0 aromatic heterocycles. The molecule has 2 bridgehead atoms. The summed E-state index contributed by atoms with van der Waals surface area (Å²) < 4.78 is 5.59. The maximum Gasteiger partial charge on any atom is 0.0671 e. The Kier molecular flexibility index (Phi) is 7.63. The molecule has 2 atom stereocenters. The number of hydrogen-bond acceptors (Lipinski definition) is 3. The molecule has 1 aromatic carbocycles. The lowest BCUT2D eigenvalue weighted by atomic mass is 10.1. The molecule has 0 amide bonds. The highest BCUT2D eigenvalue weighted by Gasteiger charge is 2.37. The standard InChI is InChI=1S/C13H17NO.C2H6O.C2H6/c1-10-2-4-11(5-3-10)14-12-6-7-13(14)9-15-8-12;1-2-3;1-2/h2-5,12-13H,6-9H2,1H3;3H,2H2,1H3;1-2H3. The van der Waals surface area contributed by atoms with Crippen LogP contribution in [0.2, 0.25) is 0 Å². The van der Waals surface area contributed by atoms with Gasteiger partial charge in [-0.1, -0.05) is 31.5 Å². The summed E-state index contributed by atoms with van der Waals surface area (Å²) in [6, 6.07) is 10.1. The van der Waals surface area contributed by atoms with Crippen LogP contribution in [0.4, 0.5) is 5.69 Å². The molecule has 2 aliphatic rings. The van der Waals surface area contributed by atoms with Gasteiger partial charge in [0.05, 0.1) is 25.3 Å². The first-order valence-electron chi connectivity index (χ1n) is 7.80. The first-order chi connectivity index (χ1) is 9.76. The van der Waals surface area contributed by atoms with Crippen molar-refractivity contribution in [3.63, 3.8) is 0 Å². The number of ether oxygens (including phenoxy) is 1. The lowest BCUT2D eigenvalue weighted by Gasteiger charge is -2.36. The lowest BCUT2D eigenvalue weighted by Crippen LogP contribution is -2.45. The van der Waals surface area contributed by atoms with Gasteiger partial charge >= 0.3 is 0 Å². The fourth-order valence-corrected chi connectivity index (χ4v) is 2.77. The topological polar surface area (TPSA) is 32.7 Å². The molecule has 2 aliphatic heterocycles. The van der Waals surface area contributed by atoms with E-state index < -0.39 is 0 Å². The average Bonchev–Trinajstić information content (AvgIpc) is 2.72. The molecule has 20 heavy (non-hydrogen) atoms. The molecule has 0 aliphatic carbocycles. The monoisotopic (exact) mass is 279 g/mol. The average molecular weight is 279 g/mol. The van der Waals surface area contributed by atoms with Gasteiger partial charge in [-0.05, 0) is 38.8 Å². The van der Waals surface area contributed by atoms with Crippen LogP contribution in [0.1, 0.15) is 39.2 Å². The Morgan fingerprint density at radius 1 is 1.10 bits per heavy atom. The highest BCUT2D eigenvalue weighted by atomic mass is 16.5. The van der Waals surface area contributed by atoms with Crippen molar-refractivity contribution in [3.8, 4) is 0 Å². The van der Waals surface area contributed by atoms with Crippen molar-refractivity contribution in [3.05, 3.63) is 29.8 Å². The van der Waals surface area contributed by atoms with E-state index in [2.05, 4.69) is 36.1 Å². The van der Waals surface area contributed by atoms with E-state index in [1.165, 1.54) is 24.1 Å². The van der Waals surface area contributed by atoms with Crippen LogP contribution in [0, 0.1) is 6.92 Å². The molecule has 1 N–H and O–H groups in total. The van der Waals surface area contributed by atoms with E-state index in [1.54, 1.807) is 6.92 Å². The number of benzene rings is 1. The molecular weight excluding hydrogens is 250 g/mol. The molecule has 0 spiro atoms. The molecule has 0 radical (unpaired) electrons. The minimum absolute atomic E-state index is 0.250. The normalized spacial score (nSPS) is 23.4. The van der Waals surface area contributed by atoms with E-state index >= 15 is 0 Å². The Labute approximate surface area is 123 Å². The van der Waals surface area contributed by atoms with Crippen LogP contribution in [0.25, 0.3) is 0 Å². The second kappa shape index (κ2) is 8.98. The van der Waals surface area contributed by atoms with Crippen LogP contribution in [0.5, 0.6) is 0 Å². The second-order valence-electron chi connectivity index (χ2n) is 4.98. The fourth-order valence-electron chi connectivity index (χ4n) is 2.77. The van der Waals surface area contributed by atoms with Crippen molar-refractivity contribution in [2.24, 2.45) is 0 Å². The number of fused-ring (bicyclic) bond motifs is 2. The molecule has 114 valence electrons. The summed E-state index contributed by atoms with van der Waals surface area (Å²) in [5.74, 6) is 0. The third kappa shape index (κ3) is 4.22. The van der Waals surface area contributed by atoms with Crippen molar-refractivity contribution >= 4 is 5.69 Å². The lowest BCUT2D eigenvalue weighted by molar-refractivity contribution is 0.0906. The molecule has 0 saturated carbocycles. The Hall–Kier alpha value is -1.06. The fraction of sp³-hybridized carbons (Fsp3) is 0.647. The zero-order valence-corrected chi connectivity index (χ0v) is 13.3. The predicted octanol–water partition coefficient (Wildman–Crippen LogP) is 3.39. The van der Waals surface area contributed by atoms with E-state index in [9.17, 15) is 0 Å². The third-order valence-corrected chi connectivity index (χ3v) is 3.57. The van der Waals surface area contributed by atoms with E-state index in [0.717, 1.165) is 13.2 Å². The molecule has 2 saturated heterocycles. The molecule has 3 heteroatoms. The summed E-state index contributed by atoms with van der Waals surface area (Å²) in [6.07, 6.45) is 2.58. The molecule has 2 fully saturated rings. The maximum atomic E-state index is 7.57. The van der Waals surface area contributed by atoms with E-state index in [4.69, 9.17) is 9.84 Å². The third-order valence-electron chi connectivity index (χ3n) is 3.57. The Balaban J connectivity index is 0.000000357. The van der Waals surface area contributed by atoms with Gasteiger partial charge in [0.1, 0.15) is 0 Å². The van der Waals surface area contributed by atoms with Gasteiger partial charge < -0.3 is 14.7 Å². The number of aliphatic hydroxyl groups excluding tert-OH is 1. The zero-order valence-electron chi connectivity index (χ0n) is 13.3. The number of rotatable bonds is 1. The van der Waals surface area contributed by atoms with Crippen molar-refractivity contribution in [1.29, 1.82) is 0 Å². The van der Waals surface area contributed by atoms with Crippen LogP contribution in [-0.4, -0.2) is 37.0 Å². The minimum atomic E-state index is 0.250. The van der Waals surface area contributed by atoms with Crippen molar-refractivity contribution < 1.29 is 9.84 Å². The summed E-state index contributed by atoms with van der Waals surface area (Å²) in [4.78, 5) is 2.56. The Bertz CT molecular complexity index is 348. The molecule has 2 heterocycles. The van der Waals surface area contributed by atoms with Gasteiger partial charge in [0.25, 0.3) is 0 Å². The summed E-state index contributed by atoms with van der Waals surface area (Å²) >= 11 is 0. The van der Waals surface area contributed by atoms with Gasteiger partial charge in [-0.2, -0.15) is 0 Å². The largest absolute Gasteiger partial charge is 0.397 e. The zero-order chi connectivity index (χ0) is 15.0. The Morgan fingerprint density at radius 2 is 1.55 bits per heavy atom. The predicted molar refractivity (Wildman–Crippen MR) is 85.4 cm³/mol. The van der Waals surface area contributed by atoms with Crippen LogP contribution in [0.15, 0.2) is 24.3 Å². The number of hydrogen-bond donors (Lipinski definition) is 1. The number of aryl methyl sites for hydroxylation is 1. The van der Waals surface area contributed by atoms with Crippen molar-refractivity contribution in [2.75, 3.05) is 24.7 Å². The quantitative estimate of drug-likeness (QED) is 0.855. The van der Waals surface area contributed by atoms with Gasteiger partial charge in [0, 0.05) is 12.3 Å². The minimum Gasteiger partial charge on any atom is -0.397 e. The number of nitrogens with zero attached hydrogens (tertiary/aromatic N) is 1. The van der Waals surface area contributed by atoms with Gasteiger partial charge in [0.2, 0.25) is 0 Å². The Morgan fingerprint density at radius 3 is 2.00 bits per heavy atom. The van der Waals surface area contributed by atoms with Crippen LogP contribution in [-0.2, 0) is 4.74 Å². The highest BCUT2D eigenvalue weighted by Crippen LogP contribution is 2.33. The van der Waals surface area contributed by atoms with Crippen LogP contribution < -0.4 is 4.90 Å². The van der Waals surface area contributed by atoms with E-state index in [1.807, 2.05) is 13.8 Å². The number of aliphatic hydroxyl groups is 1. The maximum absolute atomic E-state index is 7.57. The second-order valence-corrected chi connectivity index (χ2v) is 4.98. The summed E-state index contributed by atoms with van der Waals surface area (Å²) in [7, 11) is 0.